The summed E-state index contributed by atoms with van der Waals surface area (Å²) < 4.78 is 0. The van der Waals surface area contributed by atoms with E-state index >= 15 is 0 Å². The van der Waals surface area contributed by atoms with Gasteiger partial charge in [0.1, 0.15) is 0 Å². The second kappa shape index (κ2) is 2.58. The molecule has 0 amide bonds. The Hall–Kier alpha value is -1.68. The Balaban J connectivity index is 2.97. The molecule has 0 radical (unpaired) electrons. The molecule has 0 N–H and O–H groups in total. The van der Waals surface area contributed by atoms with Crippen molar-refractivity contribution in [2.75, 3.05) is 0 Å². The molecule has 0 saturated heterocycles. The van der Waals surface area contributed by atoms with Gasteiger partial charge in [0.2, 0.25) is 0 Å². The van der Waals surface area contributed by atoms with Gasteiger partial charge in [0, 0.05) is 4.91 Å². The molecular formula is C3H2N6. The van der Waals surface area contributed by atoms with Gasteiger partial charge in [-0.15, -0.1) is 10.2 Å². The average Bonchev–Trinajstić information content (AvgIpc) is 1.91. The molecule has 44 valence electrons. The zero-order valence-electron chi connectivity index (χ0n) is 4.34. The molecule has 0 spiro atoms. The second-order valence-electron chi connectivity index (χ2n) is 1.19. The Kier molecular flexibility index (Phi) is 1.57. The van der Waals surface area contributed by atoms with Crippen LogP contribution in [0.4, 0.5) is 5.69 Å². The summed E-state index contributed by atoms with van der Waals surface area (Å²) >= 11 is 0. The summed E-state index contributed by atoms with van der Waals surface area (Å²) in [5.74, 6) is 0. The predicted octanol–water partition coefficient (Wildman–Crippen LogP) is 0.813. The van der Waals surface area contributed by atoms with Gasteiger partial charge < -0.3 is 0 Å². The number of aromatic nitrogens is 3. The third-order valence-electron chi connectivity index (χ3n) is 0.643. The first kappa shape index (κ1) is 5.46. The van der Waals surface area contributed by atoms with Gasteiger partial charge in [-0.3, -0.25) is 0 Å². The summed E-state index contributed by atoms with van der Waals surface area (Å²) in [7, 11) is 0. The zero-order valence-corrected chi connectivity index (χ0v) is 4.34. The van der Waals surface area contributed by atoms with Crippen molar-refractivity contribution >= 4 is 5.69 Å². The van der Waals surface area contributed by atoms with Crippen molar-refractivity contribution in [1.29, 1.82) is 0 Å². The van der Waals surface area contributed by atoms with Crippen LogP contribution in [0, 0.1) is 0 Å². The van der Waals surface area contributed by atoms with Crippen LogP contribution in [0.25, 0.3) is 10.4 Å². The molecule has 1 aromatic rings. The molecule has 6 nitrogen and oxygen atoms in total. The highest BCUT2D eigenvalue weighted by Gasteiger charge is 1.82. The lowest BCUT2D eigenvalue weighted by Gasteiger charge is -1.80. The first-order chi connectivity index (χ1) is 4.43. The molecule has 0 aromatic carbocycles. The van der Waals surface area contributed by atoms with Crippen LogP contribution in [0.15, 0.2) is 17.5 Å². The Bertz CT molecular complexity index is 223. The molecule has 9 heavy (non-hydrogen) atoms. The van der Waals surface area contributed by atoms with Crippen LogP contribution < -0.4 is 0 Å². The molecule has 1 aromatic heterocycles. The molecule has 0 aliphatic heterocycles. The fraction of sp³-hybridized carbons (Fsp3) is 0. The monoisotopic (exact) mass is 122 g/mol. The summed E-state index contributed by atoms with van der Waals surface area (Å²) in [4.78, 5) is 2.52. The first-order valence-electron chi connectivity index (χ1n) is 2.12. The molecule has 0 atom stereocenters. The van der Waals surface area contributed by atoms with E-state index in [2.05, 4.69) is 25.4 Å². The van der Waals surface area contributed by atoms with Crippen molar-refractivity contribution in [3.8, 4) is 0 Å². The predicted molar refractivity (Wildman–Crippen MR) is 28.6 cm³/mol. The number of nitrogens with zero attached hydrogens (tertiary/aromatic N) is 6. The van der Waals surface area contributed by atoms with Gasteiger partial charge in [-0.1, -0.05) is 5.11 Å². The second-order valence-corrected chi connectivity index (χ2v) is 1.19. The maximum Gasteiger partial charge on any atom is 0.0779 e. The van der Waals surface area contributed by atoms with Crippen molar-refractivity contribution < 1.29 is 0 Å². The van der Waals surface area contributed by atoms with Gasteiger partial charge in [0.25, 0.3) is 0 Å². The summed E-state index contributed by atoms with van der Waals surface area (Å²) in [5, 5.41) is 13.2. The van der Waals surface area contributed by atoms with E-state index in [0.717, 1.165) is 0 Å². The van der Waals surface area contributed by atoms with Crippen LogP contribution in [-0.2, 0) is 0 Å². The van der Waals surface area contributed by atoms with E-state index in [1.165, 1.54) is 12.4 Å². The van der Waals surface area contributed by atoms with E-state index in [9.17, 15) is 0 Å². The topological polar surface area (TPSA) is 87.4 Å². The third kappa shape index (κ3) is 1.36. The highest BCUT2D eigenvalue weighted by molar-refractivity contribution is 5.27. The SMILES string of the molecule is [N-]=[N+]=Nc1cnnnc1. The standard InChI is InChI=1S/C3H2N6/c4-8-7-3-1-5-9-6-2-3/h1-2H. The average molecular weight is 122 g/mol. The summed E-state index contributed by atoms with van der Waals surface area (Å²) in [5.41, 5.74) is 8.27. The molecular weight excluding hydrogens is 120 g/mol. The number of hydrogen-bond donors (Lipinski definition) is 0. The maximum atomic E-state index is 7.90. The maximum absolute atomic E-state index is 7.90. The van der Waals surface area contributed by atoms with E-state index in [1.54, 1.807) is 0 Å². The molecule has 1 heterocycles. The molecule has 0 aliphatic rings. The van der Waals surface area contributed by atoms with Crippen molar-refractivity contribution in [2.24, 2.45) is 5.11 Å². The molecule has 0 unspecified atom stereocenters. The van der Waals surface area contributed by atoms with Gasteiger partial charge in [0.05, 0.1) is 18.1 Å². The van der Waals surface area contributed by atoms with Gasteiger partial charge in [0.15, 0.2) is 0 Å². The quantitative estimate of drug-likeness (QED) is 0.313. The Morgan fingerprint density at radius 2 is 2.11 bits per heavy atom. The molecule has 6 heteroatoms. The molecule has 0 bridgehead atoms. The van der Waals surface area contributed by atoms with Crippen molar-refractivity contribution in [1.82, 2.24) is 15.4 Å². The first-order valence-corrected chi connectivity index (χ1v) is 2.12. The van der Waals surface area contributed by atoms with Crippen molar-refractivity contribution in [2.45, 2.75) is 0 Å². The minimum Gasteiger partial charge on any atom is -0.138 e. The lowest BCUT2D eigenvalue weighted by molar-refractivity contribution is 0.864. The van der Waals surface area contributed by atoms with Gasteiger partial charge in [-0.05, 0) is 10.7 Å². The number of rotatable bonds is 1. The van der Waals surface area contributed by atoms with Crippen LogP contribution in [0.5, 0.6) is 0 Å². The van der Waals surface area contributed by atoms with Gasteiger partial charge in [-0.25, -0.2) is 0 Å². The van der Waals surface area contributed by atoms with Crippen molar-refractivity contribution in [3.63, 3.8) is 0 Å². The minimum atomic E-state index is 0.368. The Morgan fingerprint density at radius 3 is 2.67 bits per heavy atom. The fourth-order valence-corrected chi connectivity index (χ4v) is 0.336. The van der Waals surface area contributed by atoms with E-state index in [4.69, 9.17) is 5.53 Å². The van der Waals surface area contributed by atoms with E-state index in [1.807, 2.05) is 0 Å². The normalized spacial score (nSPS) is 8.00. The highest BCUT2D eigenvalue weighted by atomic mass is 15.3. The Morgan fingerprint density at radius 1 is 1.44 bits per heavy atom. The summed E-state index contributed by atoms with van der Waals surface area (Å²) in [6, 6.07) is 0. The number of azide groups is 1. The van der Waals surface area contributed by atoms with E-state index < -0.39 is 0 Å². The van der Waals surface area contributed by atoms with Crippen molar-refractivity contribution in [3.05, 3.63) is 22.8 Å². The lowest BCUT2D eigenvalue weighted by Crippen LogP contribution is -1.80. The largest absolute Gasteiger partial charge is 0.138 e. The van der Waals surface area contributed by atoms with Crippen LogP contribution >= 0.6 is 0 Å². The van der Waals surface area contributed by atoms with Gasteiger partial charge in [-0.2, -0.15) is 0 Å². The number of hydrogen-bond acceptors (Lipinski definition) is 4. The fourth-order valence-electron chi connectivity index (χ4n) is 0.336. The molecule has 1 rings (SSSR count). The third-order valence-corrected chi connectivity index (χ3v) is 0.643. The van der Waals surface area contributed by atoms with Crippen LogP contribution in [-0.4, -0.2) is 15.4 Å². The molecule has 0 aliphatic carbocycles. The lowest BCUT2D eigenvalue weighted by atomic mass is 10.6. The van der Waals surface area contributed by atoms with Crippen LogP contribution in [0.1, 0.15) is 0 Å². The van der Waals surface area contributed by atoms with E-state index in [0.29, 0.717) is 5.69 Å². The zero-order chi connectivity index (χ0) is 6.53. The molecule has 0 fully saturated rings. The van der Waals surface area contributed by atoms with Gasteiger partial charge >= 0.3 is 0 Å². The highest BCUT2D eigenvalue weighted by Crippen LogP contribution is 2.03. The smallest absolute Gasteiger partial charge is 0.0779 e. The Labute approximate surface area is 50.2 Å². The van der Waals surface area contributed by atoms with Crippen LogP contribution in [0.3, 0.4) is 0 Å². The van der Waals surface area contributed by atoms with Crippen LogP contribution in [0.2, 0.25) is 0 Å². The molecule has 0 saturated carbocycles. The summed E-state index contributed by atoms with van der Waals surface area (Å²) in [6.45, 7) is 0. The minimum absolute atomic E-state index is 0.368. The summed E-state index contributed by atoms with van der Waals surface area (Å²) in [6.07, 6.45) is 2.65. The van der Waals surface area contributed by atoms with E-state index in [-0.39, 0.29) is 0 Å².